The SMILES string of the molecule is CNC(CC(F)(F)F)c1cc(Cl)c(OC)cc1Cl. The molecular weight excluding hydrogens is 290 g/mol. The van der Waals surface area contributed by atoms with E-state index in [9.17, 15) is 13.2 Å². The van der Waals surface area contributed by atoms with E-state index in [2.05, 4.69) is 5.32 Å². The summed E-state index contributed by atoms with van der Waals surface area (Å²) in [7, 11) is 2.84. The van der Waals surface area contributed by atoms with Crippen LogP contribution in [0, 0.1) is 0 Å². The van der Waals surface area contributed by atoms with E-state index < -0.39 is 18.6 Å². The molecule has 2 nitrogen and oxygen atoms in total. The van der Waals surface area contributed by atoms with Crippen molar-refractivity contribution in [1.29, 1.82) is 0 Å². The van der Waals surface area contributed by atoms with Gasteiger partial charge >= 0.3 is 6.18 Å². The summed E-state index contributed by atoms with van der Waals surface area (Å²) >= 11 is 11.8. The van der Waals surface area contributed by atoms with Crippen molar-refractivity contribution in [2.75, 3.05) is 14.2 Å². The highest BCUT2D eigenvalue weighted by molar-refractivity contribution is 6.34. The maximum absolute atomic E-state index is 12.4. The molecule has 1 unspecified atom stereocenters. The van der Waals surface area contributed by atoms with Gasteiger partial charge in [-0.15, -0.1) is 0 Å². The van der Waals surface area contributed by atoms with Gasteiger partial charge in [-0.2, -0.15) is 13.2 Å². The number of rotatable bonds is 4. The van der Waals surface area contributed by atoms with Gasteiger partial charge in [-0.05, 0) is 18.7 Å². The number of nitrogens with one attached hydrogen (secondary N) is 1. The molecular formula is C11H12Cl2F3NO. The first-order valence-electron chi connectivity index (χ1n) is 5.05. The number of alkyl halides is 3. The van der Waals surface area contributed by atoms with Crippen molar-refractivity contribution in [3.63, 3.8) is 0 Å². The van der Waals surface area contributed by atoms with Crippen LogP contribution in [0.1, 0.15) is 18.0 Å². The molecule has 0 saturated heterocycles. The largest absolute Gasteiger partial charge is 0.495 e. The molecule has 1 rings (SSSR count). The summed E-state index contributed by atoms with van der Waals surface area (Å²) in [5.41, 5.74) is 0.294. The Morgan fingerprint density at radius 2 is 1.89 bits per heavy atom. The number of benzene rings is 1. The molecule has 1 atom stereocenters. The normalized spacial score (nSPS) is 13.5. The van der Waals surface area contributed by atoms with Gasteiger partial charge < -0.3 is 10.1 Å². The van der Waals surface area contributed by atoms with Crippen molar-refractivity contribution in [1.82, 2.24) is 5.32 Å². The van der Waals surface area contributed by atoms with E-state index in [1.165, 1.54) is 26.3 Å². The molecule has 18 heavy (non-hydrogen) atoms. The second-order valence-corrected chi connectivity index (χ2v) is 4.48. The Morgan fingerprint density at radius 3 is 2.33 bits per heavy atom. The summed E-state index contributed by atoms with van der Waals surface area (Å²) in [6.07, 6.45) is -5.31. The van der Waals surface area contributed by atoms with Gasteiger partial charge in [0.2, 0.25) is 0 Å². The highest BCUT2D eigenvalue weighted by Crippen LogP contribution is 2.37. The van der Waals surface area contributed by atoms with Crippen LogP contribution in [0.4, 0.5) is 13.2 Å². The first kappa shape index (κ1) is 15.4. The molecule has 0 fully saturated rings. The lowest BCUT2D eigenvalue weighted by Gasteiger charge is -2.20. The predicted octanol–water partition coefficient (Wildman–Crippen LogP) is 4.21. The van der Waals surface area contributed by atoms with E-state index in [4.69, 9.17) is 27.9 Å². The maximum atomic E-state index is 12.4. The molecule has 0 spiro atoms. The Hall–Kier alpha value is -0.650. The summed E-state index contributed by atoms with van der Waals surface area (Å²) in [6, 6.07) is 1.84. The molecule has 0 aromatic heterocycles. The van der Waals surface area contributed by atoms with Crippen LogP contribution < -0.4 is 10.1 Å². The molecule has 1 N–H and O–H groups in total. The minimum atomic E-state index is -4.29. The van der Waals surface area contributed by atoms with Gasteiger partial charge in [0.05, 0.1) is 18.6 Å². The molecule has 7 heteroatoms. The van der Waals surface area contributed by atoms with Gasteiger partial charge in [0.1, 0.15) is 5.75 Å². The van der Waals surface area contributed by atoms with Crippen LogP contribution in [0.25, 0.3) is 0 Å². The average Bonchev–Trinajstić information content (AvgIpc) is 2.27. The summed E-state index contributed by atoms with van der Waals surface area (Å²) in [4.78, 5) is 0. The van der Waals surface area contributed by atoms with E-state index >= 15 is 0 Å². The summed E-state index contributed by atoms with van der Waals surface area (Å²) < 4.78 is 42.2. The highest BCUT2D eigenvalue weighted by Gasteiger charge is 2.33. The maximum Gasteiger partial charge on any atom is 0.390 e. The Labute approximate surface area is 113 Å². The van der Waals surface area contributed by atoms with Crippen LogP contribution in [0.3, 0.4) is 0 Å². The molecule has 0 aliphatic rings. The second kappa shape index (κ2) is 5.99. The molecule has 0 saturated carbocycles. The summed E-state index contributed by atoms with van der Waals surface area (Å²) in [5.74, 6) is 0.326. The van der Waals surface area contributed by atoms with Crippen molar-refractivity contribution >= 4 is 23.2 Å². The third-order valence-electron chi connectivity index (χ3n) is 2.43. The number of halogens is 5. The Bertz CT molecular complexity index is 423. The molecule has 1 aromatic rings. The quantitative estimate of drug-likeness (QED) is 0.899. The van der Waals surface area contributed by atoms with Gasteiger partial charge in [0.25, 0.3) is 0 Å². The monoisotopic (exact) mass is 301 g/mol. The van der Waals surface area contributed by atoms with Crippen LogP contribution in [-0.4, -0.2) is 20.3 Å². The molecule has 0 amide bonds. The van der Waals surface area contributed by atoms with Gasteiger partial charge in [-0.1, -0.05) is 23.2 Å². The number of hydrogen-bond acceptors (Lipinski definition) is 2. The molecule has 0 aliphatic carbocycles. The van der Waals surface area contributed by atoms with E-state index in [-0.39, 0.29) is 10.0 Å². The Morgan fingerprint density at radius 1 is 1.28 bits per heavy atom. The van der Waals surface area contributed by atoms with Crippen molar-refractivity contribution < 1.29 is 17.9 Å². The lowest BCUT2D eigenvalue weighted by atomic mass is 10.0. The molecule has 0 heterocycles. The lowest BCUT2D eigenvalue weighted by molar-refractivity contribution is -0.140. The number of methoxy groups -OCH3 is 1. The number of hydrogen-bond donors (Lipinski definition) is 1. The third kappa shape index (κ3) is 3.93. The molecule has 1 aromatic carbocycles. The molecule has 0 aliphatic heterocycles. The topological polar surface area (TPSA) is 21.3 Å². The lowest BCUT2D eigenvalue weighted by Crippen LogP contribution is -2.24. The van der Waals surface area contributed by atoms with E-state index in [0.29, 0.717) is 11.3 Å². The van der Waals surface area contributed by atoms with Crippen LogP contribution in [-0.2, 0) is 0 Å². The van der Waals surface area contributed by atoms with Crippen LogP contribution in [0.5, 0.6) is 5.75 Å². The number of ether oxygens (including phenoxy) is 1. The zero-order valence-corrected chi connectivity index (χ0v) is 11.2. The average molecular weight is 302 g/mol. The fourth-order valence-electron chi connectivity index (χ4n) is 1.57. The molecule has 0 radical (unpaired) electrons. The van der Waals surface area contributed by atoms with Gasteiger partial charge in [0.15, 0.2) is 0 Å². The first-order chi connectivity index (χ1) is 8.28. The van der Waals surface area contributed by atoms with Gasteiger partial charge in [-0.3, -0.25) is 0 Å². The smallest absolute Gasteiger partial charge is 0.390 e. The van der Waals surface area contributed by atoms with E-state index in [1.54, 1.807) is 0 Å². The standard InChI is InChI=1S/C11H12Cl2F3NO/c1-17-9(5-11(14,15)16)6-3-8(13)10(18-2)4-7(6)12/h3-4,9,17H,5H2,1-2H3. The van der Waals surface area contributed by atoms with Crippen LogP contribution in [0.2, 0.25) is 10.0 Å². The first-order valence-corrected chi connectivity index (χ1v) is 5.81. The van der Waals surface area contributed by atoms with Crippen molar-refractivity contribution in [2.45, 2.75) is 18.6 Å². The van der Waals surface area contributed by atoms with Crippen molar-refractivity contribution in [3.05, 3.63) is 27.7 Å². The van der Waals surface area contributed by atoms with E-state index in [0.717, 1.165) is 0 Å². The highest BCUT2D eigenvalue weighted by atomic mass is 35.5. The van der Waals surface area contributed by atoms with Crippen molar-refractivity contribution in [3.8, 4) is 5.75 Å². The minimum Gasteiger partial charge on any atom is -0.495 e. The third-order valence-corrected chi connectivity index (χ3v) is 3.05. The van der Waals surface area contributed by atoms with Gasteiger partial charge in [-0.25, -0.2) is 0 Å². The summed E-state index contributed by atoms with van der Waals surface area (Å²) in [6.45, 7) is 0. The van der Waals surface area contributed by atoms with Crippen LogP contribution in [0.15, 0.2) is 12.1 Å². The zero-order chi connectivity index (χ0) is 13.9. The fourth-order valence-corrected chi connectivity index (χ4v) is 2.10. The molecule has 102 valence electrons. The van der Waals surface area contributed by atoms with Crippen molar-refractivity contribution in [2.24, 2.45) is 0 Å². The second-order valence-electron chi connectivity index (χ2n) is 3.67. The summed E-state index contributed by atoms with van der Waals surface area (Å²) in [5, 5.41) is 2.98. The Kier molecular flexibility index (Phi) is 5.13. The minimum absolute atomic E-state index is 0.180. The van der Waals surface area contributed by atoms with Crippen LogP contribution >= 0.6 is 23.2 Å². The zero-order valence-electron chi connectivity index (χ0n) is 9.74. The fraction of sp³-hybridized carbons (Fsp3) is 0.455. The molecule has 0 bridgehead atoms. The van der Waals surface area contributed by atoms with Gasteiger partial charge in [0, 0.05) is 17.1 Å². The predicted molar refractivity (Wildman–Crippen MR) is 65.5 cm³/mol. The Balaban J connectivity index is 3.10. The van der Waals surface area contributed by atoms with E-state index in [1.807, 2.05) is 0 Å².